The summed E-state index contributed by atoms with van der Waals surface area (Å²) in [5.41, 5.74) is -0.770. The lowest BCUT2D eigenvalue weighted by molar-refractivity contribution is -0.149. The highest BCUT2D eigenvalue weighted by molar-refractivity contribution is 5.84. The Hall–Kier alpha value is -1.79. The summed E-state index contributed by atoms with van der Waals surface area (Å²) in [6, 6.07) is -1.42. The van der Waals surface area contributed by atoms with Crippen molar-refractivity contribution in [3.05, 3.63) is 0 Å². The summed E-state index contributed by atoms with van der Waals surface area (Å²) in [7, 11) is 0. The zero-order chi connectivity index (χ0) is 15.9. The number of amides is 1. The molecule has 0 rings (SSSR count). The molecule has 0 aliphatic heterocycles. The Morgan fingerprint density at radius 3 is 2.10 bits per heavy atom. The van der Waals surface area contributed by atoms with Crippen LogP contribution < -0.4 is 0 Å². The number of carboxylic acids is 2. The van der Waals surface area contributed by atoms with Crippen molar-refractivity contribution in [3.63, 3.8) is 0 Å². The van der Waals surface area contributed by atoms with E-state index in [-0.39, 0.29) is 6.54 Å². The van der Waals surface area contributed by atoms with Gasteiger partial charge in [-0.25, -0.2) is 9.59 Å². The fraction of sp³-hybridized carbons (Fsp3) is 0.769. The Bertz CT molecular complexity index is 360. The van der Waals surface area contributed by atoms with Crippen molar-refractivity contribution in [1.82, 2.24) is 4.90 Å². The van der Waals surface area contributed by atoms with E-state index in [1.807, 2.05) is 6.92 Å². The largest absolute Gasteiger partial charge is 0.481 e. The second-order valence-corrected chi connectivity index (χ2v) is 5.48. The van der Waals surface area contributed by atoms with Crippen molar-refractivity contribution in [2.24, 2.45) is 0 Å². The maximum atomic E-state index is 12.0. The fourth-order valence-corrected chi connectivity index (χ4v) is 1.52. The molecule has 0 aromatic rings. The van der Waals surface area contributed by atoms with Gasteiger partial charge in [0.25, 0.3) is 0 Å². The molecule has 0 saturated heterocycles. The van der Waals surface area contributed by atoms with Gasteiger partial charge < -0.3 is 14.9 Å². The number of unbranched alkanes of at least 4 members (excludes halogenated alkanes) is 1. The molecule has 0 heterocycles. The van der Waals surface area contributed by atoms with Gasteiger partial charge in [0, 0.05) is 6.54 Å². The molecule has 20 heavy (non-hydrogen) atoms. The summed E-state index contributed by atoms with van der Waals surface area (Å²) in [4.78, 5) is 35.0. The molecule has 116 valence electrons. The van der Waals surface area contributed by atoms with Crippen LogP contribution >= 0.6 is 0 Å². The molecule has 0 bridgehead atoms. The summed E-state index contributed by atoms with van der Waals surface area (Å²) in [5, 5.41) is 17.9. The van der Waals surface area contributed by atoms with Crippen LogP contribution in [0.1, 0.15) is 47.0 Å². The van der Waals surface area contributed by atoms with E-state index < -0.39 is 36.1 Å². The third-order valence-electron chi connectivity index (χ3n) is 2.41. The molecule has 7 nitrogen and oxygen atoms in total. The number of rotatable bonds is 7. The monoisotopic (exact) mass is 289 g/mol. The van der Waals surface area contributed by atoms with E-state index in [1.54, 1.807) is 20.8 Å². The standard InChI is InChI=1S/C13H23NO6/c1-5-6-7-14(12(19)20-13(2,3)4)9(11(17)18)8-10(15)16/h9H,5-8H2,1-4H3,(H,15,16)(H,17,18)/t9-/m0/s1. The third kappa shape index (κ3) is 6.96. The van der Waals surface area contributed by atoms with Gasteiger partial charge in [-0.2, -0.15) is 0 Å². The van der Waals surface area contributed by atoms with Gasteiger partial charge in [0.2, 0.25) is 0 Å². The average Bonchev–Trinajstić information content (AvgIpc) is 2.24. The molecular weight excluding hydrogens is 266 g/mol. The predicted octanol–water partition coefficient (Wildman–Crippen LogP) is 1.95. The summed E-state index contributed by atoms with van der Waals surface area (Å²) >= 11 is 0. The van der Waals surface area contributed by atoms with E-state index in [4.69, 9.17) is 14.9 Å². The summed E-state index contributed by atoms with van der Waals surface area (Å²) in [6.07, 6.45) is -0.140. The average molecular weight is 289 g/mol. The molecule has 0 unspecified atom stereocenters. The molecule has 0 fully saturated rings. The molecule has 7 heteroatoms. The van der Waals surface area contributed by atoms with E-state index in [9.17, 15) is 14.4 Å². The number of aliphatic carboxylic acids is 2. The van der Waals surface area contributed by atoms with Crippen LogP contribution in [-0.2, 0) is 14.3 Å². The lowest BCUT2D eigenvalue weighted by Crippen LogP contribution is -2.48. The number of carboxylic acid groups (broad SMARTS) is 2. The van der Waals surface area contributed by atoms with Crippen molar-refractivity contribution in [2.45, 2.75) is 58.6 Å². The molecular formula is C13H23NO6. The molecule has 1 atom stereocenters. The highest BCUT2D eigenvalue weighted by atomic mass is 16.6. The Morgan fingerprint density at radius 2 is 1.75 bits per heavy atom. The minimum atomic E-state index is -1.42. The number of carbonyl (C=O) groups excluding carboxylic acids is 1. The summed E-state index contributed by atoms with van der Waals surface area (Å²) in [6.45, 7) is 7.03. The first kappa shape index (κ1) is 18.2. The highest BCUT2D eigenvalue weighted by Crippen LogP contribution is 2.15. The molecule has 0 aromatic heterocycles. The predicted molar refractivity (Wildman–Crippen MR) is 71.5 cm³/mol. The van der Waals surface area contributed by atoms with E-state index in [0.717, 1.165) is 11.3 Å². The molecule has 0 aliphatic rings. The van der Waals surface area contributed by atoms with Crippen LogP contribution in [-0.4, -0.2) is 51.3 Å². The van der Waals surface area contributed by atoms with Gasteiger partial charge in [-0.15, -0.1) is 0 Å². The maximum absolute atomic E-state index is 12.0. The van der Waals surface area contributed by atoms with Crippen LogP contribution in [0, 0.1) is 0 Å². The quantitative estimate of drug-likeness (QED) is 0.742. The van der Waals surface area contributed by atoms with E-state index in [2.05, 4.69) is 0 Å². The van der Waals surface area contributed by atoms with Crippen LogP contribution in [0.25, 0.3) is 0 Å². The third-order valence-corrected chi connectivity index (χ3v) is 2.41. The lowest BCUT2D eigenvalue weighted by Gasteiger charge is -2.30. The molecule has 0 aromatic carbocycles. The SMILES string of the molecule is CCCCN(C(=O)OC(C)(C)C)[C@@H](CC(=O)O)C(=O)O. The first-order chi connectivity index (χ1) is 9.08. The topological polar surface area (TPSA) is 104 Å². The second-order valence-electron chi connectivity index (χ2n) is 5.48. The molecule has 0 spiro atoms. The number of ether oxygens (including phenoxy) is 1. The zero-order valence-corrected chi connectivity index (χ0v) is 12.4. The van der Waals surface area contributed by atoms with Crippen LogP contribution in [0.5, 0.6) is 0 Å². The summed E-state index contributed by atoms with van der Waals surface area (Å²) in [5.74, 6) is -2.63. The van der Waals surface area contributed by atoms with Crippen molar-refractivity contribution < 1.29 is 29.3 Å². The van der Waals surface area contributed by atoms with Gasteiger partial charge in [-0.3, -0.25) is 9.69 Å². The first-order valence-corrected chi connectivity index (χ1v) is 6.52. The molecule has 0 saturated carbocycles. The van der Waals surface area contributed by atoms with Crippen molar-refractivity contribution in [1.29, 1.82) is 0 Å². The second kappa shape index (κ2) is 7.72. The Balaban J connectivity index is 5.12. The molecule has 2 N–H and O–H groups in total. The van der Waals surface area contributed by atoms with Gasteiger partial charge in [0.15, 0.2) is 0 Å². The van der Waals surface area contributed by atoms with Crippen LogP contribution in [0.15, 0.2) is 0 Å². The summed E-state index contributed by atoms with van der Waals surface area (Å²) < 4.78 is 5.14. The van der Waals surface area contributed by atoms with Crippen LogP contribution in [0.4, 0.5) is 4.79 Å². The van der Waals surface area contributed by atoms with Crippen molar-refractivity contribution >= 4 is 18.0 Å². The highest BCUT2D eigenvalue weighted by Gasteiger charge is 2.34. The molecule has 1 amide bonds. The maximum Gasteiger partial charge on any atom is 0.411 e. The van der Waals surface area contributed by atoms with Crippen LogP contribution in [0.2, 0.25) is 0 Å². The lowest BCUT2D eigenvalue weighted by atomic mass is 10.1. The van der Waals surface area contributed by atoms with Gasteiger partial charge in [0.05, 0.1) is 6.42 Å². The van der Waals surface area contributed by atoms with Crippen molar-refractivity contribution in [2.75, 3.05) is 6.54 Å². The number of nitrogens with zero attached hydrogens (tertiary/aromatic N) is 1. The van der Waals surface area contributed by atoms with Crippen LogP contribution in [0.3, 0.4) is 0 Å². The van der Waals surface area contributed by atoms with Crippen molar-refractivity contribution in [3.8, 4) is 0 Å². The van der Waals surface area contributed by atoms with E-state index in [0.29, 0.717) is 6.42 Å². The van der Waals surface area contributed by atoms with E-state index in [1.165, 1.54) is 0 Å². The van der Waals surface area contributed by atoms with E-state index >= 15 is 0 Å². The van der Waals surface area contributed by atoms with Gasteiger partial charge in [0.1, 0.15) is 11.6 Å². The van der Waals surface area contributed by atoms with Gasteiger partial charge in [-0.1, -0.05) is 13.3 Å². The minimum Gasteiger partial charge on any atom is -0.481 e. The Morgan fingerprint density at radius 1 is 1.20 bits per heavy atom. The zero-order valence-electron chi connectivity index (χ0n) is 12.4. The minimum absolute atomic E-state index is 0.148. The molecule has 0 radical (unpaired) electrons. The van der Waals surface area contributed by atoms with Gasteiger partial charge >= 0.3 is 18.0 Å². The number of carbonyl (C=O) groups is 3. The number of hydrogen-bond donors (Lipinski definition) is 2. The number of hydrogen-bond acceptors (Lipinski definition) is 4. The smallest absolute Gasteiger partial charge is 0.411 e. The van der Waals surface area contributed by atoms with Gasteiger partial charge in [-0.05, 0) is 27.2 Å². The Kier molecular flexibility index (Phi) is 7.02. The Labute approximate surface area is 118 Å². The molecule has 0 aliphatic carbocycles. The fourth-order valence-electron chi connectivity index (χ4n) is 1.52. The first-order valence-electron chi connectivity index (χ1n) is 6.52. The normalized spacial score (nSPS) is 12.6.